The quantitative estimate of drug-likeness (QED) is 0.441. The fraction of sp³-hybridized carbons (Fsp3) is 0.368. The number of fused-ring (bicyclic) bond motifs is 1. The van der Waals surface area contributed by atoms with E-state index in [0.29, 0.717) is 17.3 Å². The molecule has 1 aromatic heterocycles. The Morgan fingerprint density at radius 3 is 2.54 bits per heavy atom. The molecule has 4 rings (SSSR count). The average molecular weight is 381 g/mol. The minimum atomic E-state index is -0.954. The van der Waals surface area contributed by atoms with Crippen molar-refractivity contribution in [3.63, 3.8) is 0 Å². The van der Waals surface area contributed by atoms with Crippen molar-refractivity contribution < 1.29 is 14.4 Å². The predicted molar refractivity (Wildman–Crippen MR) is 98.9 cm³/mol. The van der Waals surface area contributed by atoms with Crippen LogP contribution in [0.25, 0.3) is 10.9 Å². The molecule has 0 radical (unpaired) electrons. The molecule has 9 heteroatoms. The Bertz CT molecular complexity index is 1060. The van der Waals surface area contributed by atoms with Gasteiger partial charge in [0.1, 0.15) is 12.2 Å². The van der Waals surface area contributed by atoms with E-state index in [2.05, 4.69) is 16.4 Å². The van der Waals surface area contributed by atoms with Crippen molar-refractivity contribution in [2.24, 2.45) is 0 Å². The van der Waals surface area contributed by atoms with Gasteiger partial charge in [0.05, 0.1) is 5.39 Å². The van der Waals surface area contributed by atoms with Crippen LogP contribution in [0.3, 0.4) is 0 Å². The SMILES string of the molecule is O=C1C(=O)N(Cn2nnc3ccccc3c2=O)C(=O)N1CCC1=CCCCC1. The highest BCUT2D eigenvalue weighted by Gasteiger charge is 2.44. The van der Waals surface area contributed by atoms with Gasteiger partial charge in [0, 0.05) is 6.54 Å². The van der Waals surface area contributed by atoms with Gasteiger partial charge in [0.15, 0.2) is 0 Å². The van der Waals surface area contributed by atoms with Crippen LogP contribution in [-0.2, 0) is 16.3 Å². The standard InChI is InChI=1S/C19H19N5O4/c25-16-14-8-4-5-9-15(14)20-21-24(16)12-23-18(27)17(26)22(19(23)28)11-10-13-6-2-1-3-7-13/h4-6,8-9H,1-3,7,10-12H2. The van der Waals surface area contributed by atoms with Gasteiger partial charge in [-0.2, -0.15) is 4.68 Å². The molecule has 0 saturated carbocycles. The second-order valence-corrected chi connectivity index (χ2v) is 6.88. The molecule has 1 aliphatic heterocycles. The Morgan fingerprint density at radius 1 is 0.964 bits per heavy atom. The molecule has 144 valence electrons. The summed E-state index contributed by atoms with van der Waals surface area (Å²) in [5.41, 5.74) is 1.14. The van der Waals surface area contributed by atoms with Crippen LogP contribution in [0.2, 0.25) is 0 Å². The van der Waals surface area contributed by atoms with E-state index in [1.807, 2.05) is 0 Å². The first-order valence-corrected chi connectivity index (χ1v) is 9.24. The van der Waals surface area contributed by atoms with Crippen LogP contribution < -0.4 is 5.56 Å². The highest BCUT2D eigenvalue weighted by molar-refractivity contribution is 6.44. The van der Waals surface area contributed by atoms with Gasteiger partial charge < -0.3 is 0 Å². The van der Waals surface area contributed by atoms with Crippen molar-refractivity contribution >= 4 is 28.7 Å². The molecule has 2 aromatic rings. The first kappa shape index (κ1) is 18.0. The largest absolute Gasteiger partial charge is 0.335 e. The van der Waals surface area contributed by atoms with Crippen molar-refractivity contribution in [1.82, 2.24) is 24.8 Å². The summed E-state index contributed by atoms with van der Waals surface area (Å²) >= 11 is 0. The summed E-state index contributed by atoms with van der Waals surface area (Å²) in [5, 5.41) is 8.03. The number of carbonyl (C=O) groups excluding carboxylic acids is 3. The lowest BCUT2D eigenvalue weighted by Crippen LogP contribution is -2.39. The number of hydrogen-bond acceptors (Lipinski definition) is 6. The van der Waals surface area contributed by atoms with Crippen molar-refractivity contribution in [3.05, 3.63) is 46.3 Å². The molecule has 1 fully saturated rings. The monoisotopic (exact) mass is 381 g/mol. The number of benzene rings is 1. The van der Waals surface area contributed by atoms with Crippen molar-refractivity contribution in [3.8, 4) is 0 Å². The molecule has 1 aliphatic carbocycles. The molecule has 4 amide bonds. The maximum Gasteiger partial charge on any atom is 0.335 e. The van der Waals surface area contributed by atoms with E-state index < -0.39 is 30.1 Å². The molecule has 28 heavy (non-hydrogen) atoms. The normalized spacial score (nSPS) is 17.6. The third-order valence-electron chi connectivity index (χ3n) is 5.08. The zero-order valence-corrected chi connectivity index (χ0v) is 15.2. The number of urea groups is 1. The van der Waals surface area contributed by atoms with Crippen LogP contribution in [0.1, 0.15) is 32.1 Å². The Labute approximate surface area is 160 Å². The summed E-state index contributed by atoms with van der Waals surface area (Å²) in [4.78, 5) is 51.4. The van der Waals surface area contributed by atoms with Crippen molar-refractivity contribution in [2.75, 3.05) is 6.54 Å². The molecule has 9 nitrogen and oxygen atoms in total. The summed E-state index contributed by atoms with van der Waals surface area (Å²) in [6.45, 7) is -0.288. The van der Waals surface area contributed by atoms with Crippen molar-refractivity contribution in [1.29, 1.82) is 0 Å². The van der Waals surface area contributed by atoms with Gasteiger partial charge in [0.2, 0.25) is 0 Å². The number of allylic oxidation sites excluding steroid dienone is 1. The highest BCUT2D eigenvalue weighted by Crippen LogP contribution is 2.22. The summed E-state index contributed by atoms with van der Waals surface area (Å²) in [5.74, 6) is -1.83. The molecule has 0 spiro atoms. The van der Waals surface area contributed by atoms with E-state index >= 15 is 0 Å². The van der Waals surface area contributed by atoms with Gasteiger partial charge in [0.25, 0.3) is 5.56 Å². The number of amides is 4. The zero-order valence-electron chi connectivity index (χ0n) is 15.2. The van der Waals surface area contributed by atoms with Crippen LogP contribution in [0.15, 0.2) is 40.7 Å². The van der Waals surface area contributed by atoms with Crippen molar-refractivity contribution in [2.45, 2.75) is 38.8 Å². The average Bonchev–Trinajstić information content (AvgIpc) is 2.92. The first-order chi connectivity index (χ1) is 13.6. The Balaban J connectivity index is 1.52. The Hall–Kier alpha value is -3.36. The van der Waals surface area contributed by atoms with Gasteiger partial charge in [-0.3, -0.25) is 19.3 Å². The summed E-state index contributed by atoms with van der Waals surface area (Å²) in [6.07, 6.45) is 6.91. The van der Waals surface area contributed by atoms with Crippen LogP contribution >= 0.6 is 0 Å². The van der Waals surface area contributed by atoms with E-state index in [1.165, 1.54) is 5.57 Å². The minimum absolute atomic E-state index is 0.157. The third kappa shape index (κ3) is 3.19. The molecule has 1 aromatic carbocycles. The first-order valence-electron chi connectivity index (χ1n) is 9.24. The maximum absolute atomic E-state index is 12.6. The van der Waals surface area contributed by atoms with Gasteiger partial charge in [-0.05, 0) is 44.2 Å². The van der Waals surface area contributed by atoms with Crippen LogP contribution in [-0.4, -0.2) is 49.2 Å². The fourth-order valence-corrected chi connectivity index (χ4v) is 3.51. The molecule has 2 heterocycles. The van der Waals surface area contributed by atoms with Gasteiger partial charge in [-0.25, -0.2) is 9.69 Å². The number of nitrogens with zero attached hydrogens (tertiary/aromatic N) is 5. The zero-order chi connectivity index (χ0) is 19.7. The molecule has 0 N–H and O–H groups in total. The van der Waals surface area contributed by atoms with E-state index in [9.17, 15) is 19.2 Å². The number of aromatic nitrogens is 3. The topological polar surface area (TPSA) is 105 Å². The van der Waals surface area contributed by atoms with E-state index in [0.717, 1.165) is 40.2 Å². The number of hydrogen-bond donors (Lipinski definition) is 0. The van der Waals surface area contributed by atoms with Gasteiger partial charge in [-0.1, -0.05) is 29.0 Å². The minimum Gasteiger partial charge on any atom is -0.267 e. The fourth-order valence-electron chi connectivity index (χ4n) is 3.51. The second kappa shape index (κ2) is 7.34. The number of imide groups is 2. The van der Waals surface area contributed by atoms with Crippen LogP contribution in [0.5, 0.6) is 0 Å². The molecule has 2 aliphatic rings. The second-order valence-electron chi connectivity index (χ2n) is 6.88. The summed E-state index contributed by atoms with van der Waals surface area (Å²) < 4.78 is 0.915. The van der Waals surface area contributed by atoms with Crippen LogP contribution in [0.4, 0.5) is 4.79 Å². The molecule has 0 unspecified atom stereocenters. The molecule has 0 bridgehead atoms. The number of carbonyl (C=O) groups is 3. The predicted octanol–water partition coefficient (Wildman–Crippen LogP) is 1.43. The molecule has 1 saturated heterocycles. The smallest absolute Gasteiger partial charge is 0.267 e. The van der Waals surface area contributed by atoms with E-state index in [-0.39, 0.29) is 6.54 Å². The Morgan fingerprint density at radius 2 is 1.75 bits per heavy atom. The highest BCUT2D eigenvalue weighted by atomic mass is 16.2. The Kier molecular flexibility index (Phi) is 4.72. The number of rotatable bonds is 5. The molecular weight excluding hydrogens is 362 g/mol. The molecule has 0 atom stereocenters. The lowest BCUT2D eigenvalue weighted by molar-refractivity contribution is -0.143. The molecular formula is C19H19N5O4. The van der Waals surface area contributed by atoms with E-state index in [4.69, 9.17) is 0 Å². The lowest BCUT2D eigenvalue weighted by atomic mass is 9.97. The lowest BCUT2D eigenvalue weighted by Gasteiger charge is -2.18. The maximum atomic E-state index is 12.6. The van der Waals surface area contributed by atoms with Gasteiger partial charge in [-0.15, -0.1) is 5.10 Å². The van der Waals surface area contributed by atoms with Gasteiger partial charge >= 0.3 is 17.8 Å². The van der Waals surface area contributed by atoms with Crippen LogP contribution in [0, 0.1) is 0 Å². The summed E-state index contributed by atoms with van der Waals surface area (Å²) in [7, 11) is 0. The third-order valence-corrected chi connectivity index (χ3v) is 5.08. The summed E-state index contributed by atoms with van der Waals surface area (Å²) in [6, 6.07) is 5.92. The van der Waals surface area contributed by atoms with E-state index in [1.54, 1.807) is 24.3 Å².